The van der Waals surface area contributed by atoms with Crippen LogP contribution >= 0.6 is 11.6 Å². The van der Waals surface area contributed by atoms with Gasteiger partial charge in [0.1, 0.15) is 0 Å². The molecule has 1 aromatic rings. The Kier molecular flexibility index (Phi) is 5.11. The first-order valence-corrected chi connectivity index (χ1v) is 5.55. The summed E-state index contributed by atoms with van der Waals surface area (Å²) in [5.41, 5.74) is 3.44. The maximum atomic E-state index is 11.9. The van der Waals surface area contributed by atoms with Crippen LogP contribution in [0.1, 0.15) is 12.5 Å². The fourth-order valence-corrected chi connectivity index (χ4v) is 1.34. The average Bonchev–Trinajstić information content (AvgIpc) is 2.32. The number of alkyl halides is 3. The highest BCUT2D eigenvalue weighted by Gasteiger charge is 2.36. The van der Waals surface area contributed by atoms with Crippen LogP contribution in [0.25, 0.3) is 6.08 Å². The van der Waals surface area contributed by atoms with Crippen LogP contribution in [0.3, 0.4) is 0 Å². The first kappa shape index (κ1) is 15.2. The second kappa shape index (κ2) is 6.38. The highest BCUT2D eigenvalue weighted by atomic mass is 35.5. The summed E-state index contributed by atoms with van der Waals surface area (Å²) < 4.78 is 35.7. The van der Waals surface area contributed by atoms with Gasteiger partial charge in [-0.15, -0.1) is 0 Å². The number of hydrogen-bond acceptors (Lipinski definition) is 3. The van der Waals surface area contributed by atoms with Gasteiger partial charge in [0.2, 0.25) is 0 Å². The Hall–Kier alpha value is -1.82. The van der Waals surface area contributed by atoms with Crippen molar-refractivity contribution in [3.8, 4) is 0 Å². The molecule has 102 valence electrons. The number of benzene rings is 1. The van der Waals surface area contributed by atoms with Crippen molar-refractivity contribution in [2.45, 2.75) is 13.1 Å². The zero-order valence-electron chi connectivity index (χ0n) is 9.83. The molecule has 0 radical (unpaired) electrons. The Balaban J connectivity index is 2.76. The van der Waals surface area contributed by atoms with E-state index in [0.717, 1.165) is 0 Å². The Morgan fingerprint density at radius 2 is 2.11 bits per heavy atom. The summed E-state index contributed by atoms with van der Waals surface area (Å²) in [5.74, 6) is -2.03. The third-order valence-corrected chi connectivity index (χ3v) is 2.34. The van der Waals surface area contributed by atoms with E-state index in [1.165, 1.54) is 6.07 Å². The molecular weight excluding hydrogens is 281 g/mol. The number of carbonyl (C=O) groups is 1. The molecule has 1 aromatic carbocycles. The Bertz CT molecular complexity index is 524. The second-order valence-corrected chi connectivity index (χ2v) is 3.88. The van der Waals surface area contributed by atoms with Crippen molar-refractivity contribution in [1.29, 1.82) is 0 Å². The van der Waals surface area contributed by atoms with E-state index in [4.69, 9.17) is 11.6 Å². The van der Waals surface area contributed by atoms with Crippen LogP contribution < -0.4 is 5.43 Å². The first-order chi connectivity index (χ1) is 8.84. The molecule has 0 saturated heterocycles. The third-order valence-electron chi connectivity index (χ3n) is 2.00. The average molecular weight is 291 g/mol. The van der Waals surface area contributed by atoms with Crippen molar-refractivity contribution in [3.63, 3.8) is 0 Å². The van der Waals surface area contributed by atoms with Crippen molar-refractivity contribution >= 4 is 35.4 Å². The van der Waals surface area contributed by atoms with Gasteiger partial charge in [-0.05, 0) is 30.7 Å². The SMILES string of the molecule is C/C=C/c1cc(N/N=C\C(=O)C(F)(F)F)ccc1Cl. The lowest BCUT2D eigenvalue weighted by atomic mass is 10.2. The molecule has 1 N–H and O–H groups in total. The summed E-state index contributed by atoms with van der Waals surface area (Å²) >= 11 is 5.90. The molecule has 0 atom stereocenters. The number of halogens is 4. The predicted molar refractivity (Wildman–Crippen MR) is 69.3 cm³/mol. The highest BCUT2D eigenvalue weighted by Crippen LogP contribution is 2.22. The minimum absolute atomic E-state index is 0.184. The van der Waals surface area contributed by atoms with Crippen LogP contribution in [-0.4, -0.2) is 18.2 Å². The molecule has 0 aliphatic rings. The van der Waals surface area contributed by atoms with Crippen LogP contribution in [0, 0.1) is 0 Å². The standard InChI is InChI=1S/C12H10ClF3N2O/c1-2-3-8-6-9(4-5-10(8)13)18-17-7-11(19)12(14,15)16/h2-7,18H,1H3/b3-2+,17-7-. The highest BCUT2D eigenvalue weighted by molar-refractivity contribution is 6.32. The van der Waals surface area contributed by atoms with Gasteiger partial charge >= 0.3 is 6.18 Å². The van der Waals surface area contributed by atoms with Crippen LogP contribution in [0.4, 0.5) is 18.9 Å². The van der Waals surface area contributed by atoms with Gasteiger partial charge in [-0.25, -0.2) is 0 Å². The van der Waals surface area contributed by atoms with Crippen LogP contribution in [0.2, 0.25) is 5.02 Å². The van der Waals surface area contributed by atoms with E-state index in [9.17, 15) is 18.0 Å². The van der Waals surface area contributed by atoms with Crippen molar-refractivity contribution in [3.05, 3.63) is 34.9 Å². The summed E-state index contributed by atoms with van der Waals surface area (Å²) in [6.07, 6.45) is -1.23. The van der Waals surface area contributed by atoms with Gasteiger partial charge in [0, 0.05) is 5.02 Å². The smallest absolute Gasteiger partial charge is 0.283 e. The maximum absolute atomic E-state index is 11.9. The maximum Gasteiger partial charge on any atom is 0.455 e. The molecule has 0 spiro atoms. The summed E-state index contributed by atoms with van der Waals surface area (Å²) in [5, 5.41) is 3.73. The molecule has 19 heavy (non-hydrogen) atoms. The predicted octanol–water partition coefficient (Wildman–Crippen LogP) is 3.90. The molecule has 0 aliphatic heterocycles. The molecule has 0 fully saturated rings. The summed E-state index contributed by atoms with van der Waals surface area (Å²) in [6.45, 7) is 1.80. The van der Waals surface area contributed by atoms with E-state index < -0.39 is 12.0 Å². The molecule has 0 bridgehead atoms. The number of carbonyl (C=O) groups excluding carboxylic acids is 1. The molecule has 7 heteroatoms. The van der Waals surface area contributed by atoms with Crippen molar-refractivity contribution in [2.75, 3.05) is 5.43 Å². The second-order valence-electron chi connectivity index (χ2n) is 3.47. The molecule has 0 heterocycles. The van der Waals surface area contributed by atoms with E-state index in [2.05, 4.69) is 10.5 Å². The topological polar surface area (TPSA) is 41.5 Å². The number of hydrogen-bond donors (Lipinski definition) is 1. The van der Waals surface area contributed by atoms with Crippen LogP contribution in [0.5, 0.6) is 0 Å². The molecule has 0 unspecified atom stereocenters. The summed E-state index contributed by atoms with van der Waals surface area (Å²) in [7, 11) is 0. The fraction of sp³-hybridized carbons (Fsp3) is 0.167. The fourth-order valence-electron chi connectivity index (χ4n) is 1.16. The number of ketones is 1. The van der Waals surface area contributed by atoms with Crippen molar-refractivity contribution in [2.24, 2.45) is 5.10 Å². The Morgan fingerprint density at radius 1 is 1.42 bits per heavy atom. The van der Waals surface area contributed by atoms with E-state index in [1.807, 2.05) is 0 Å². The van der Waals surface area contributed by atoms with Crippen molar-refractivity contribution < 1.29 is 18.0 Å². The normalized spacial score (nSPS) is 12.3. The molecule has 1 rings (SSSR count). The van der Waals surface area contributed by atoms with Gasteiger partial charge < -0.3 is 0 Å². The van der Waals surface area contributed by atoms with E-state index in [-0.39, 0.29) is 6.21 Å². The summed E-state index contributed by atoms with van der Waals surface area (Å²) in [4.78, 5) is 10.5. The minimum Gasteiger partial charge on any atom is -0.283 e. The number of hydrazone groups is 1. The van der Waals surface area contributed by atoms with Gasteiger partial charge in [0.25, 0.3) is 5.78 Å². The lowest BCUT2D eigenvalue weighted by molar-refractivity contribution is -0.162. The van der Waals surface area contributed by atoms with Gasteiger partial charge in [0.15, 0.2) is 0 Å². The van der Waals surface area contributed by atoms with Gasteiger partial charge in [-0.3, -0.25) is 10.2 Å². The molecule has 0 aromatic heterocycles. The van der Waals surface area contributed by atoms with E-state index >= 15 is 0 Å². The number of nitrogens with one attached hydrogen (secondary N) is 1. The molecule has 0 aliphatic carbocycles. The third kappa shape index (κ3) is 4.75. The Labute approximate surface area is 112 Å². The lowest BCUT2D eigenvalue weighted by Crippen LogP contribution is -2.23. The lowest BCUT2D eigenvalue weighted by Gasteiger charge is -2.04. The van der Waals surface area contributed by atoms with Gasteiger partial charge in [0.05, 0.1) is 11.9 Å². The van der Waals surface area contributed by atoms with Crippen molar-refractivity contribution in [1.82, 2.24) is 0 Å². The quantitative estimate of drug-likeness (QED) is 0.675. The number of allylic oxidation sites excluding steroid dienone is 1. The Morgan fingerprint density at radius 3 is 2.68 bits per heavy atom. The zero-order chi connectivity index (χ0) is 14.5. The van der Waals surface area contributed by atoms with E-state index in [1.54, 1.807) is 31.2 Å². The molecule has 3 nitrogen and oxygen atoms in total. The number of Topliss-reactive ketones (excluding diaryl/α,β-unsaturated/α-hetero) is 1. The number of rotatable bonds is 4. The molecule has 0 amide bonds. The molecular formula is C12H10ClF3N2O. The van der Waals surface area contributed by atoms with Crippen LogP contribution in [-0.2, 0) is 4.79 Å². The minimum atomic E-state index is -4.92. The summed E-state index contributed by atoms with van der Waals surface area (Å²) in [6, 6.07) is 4.70. The number of anilines is 1. The van der Waals surface area contributed by atoms with E-state index in [0.29, 0.717) is 16.3 Å². The van der Waals surface area contributed by atoms with Gasteiger partial charge in [-0.1, -0.05) is 23.8 Å². The monoisotopic (exact) mass is 290 g/mol. The van der Waals surface area contributed by atoms with Crippen LogP contribution in [0.15, 0.2) is 29.4 Å². The zero-order valence-corrected chi connectivity index (χ0v) is 10.6. The van der Waals surface area contributed by atoms with Gasteiger partial charge in [-0.2, -0.15) is 18.3 Å². The number of nitrogens with zero attached hydrogens (tertiary/aromatic N) is 1. The largest absolute Gasteiger partial charge is 0.455 e. The first-order valence-electron chi connectivity index (χ1n) is 5.17. The molecule has 0 saturated carbocycles.